The van der Waals surface area contributed by atoms with Gasteiger partial charge >= 0.3 is 12.1 Å². The summed E-state index contributed by atoms with van der Waals surface area (Å²) in [5, 5.41) is 10.5. The largest absolute Gasteiger partial charge is 0.480 e. The molecular formula is C10H17F3N2O3. The second kappa shape index (κ2) is 6.03. The van der Waals surface area contributed by atoms with Gasteiger partial charge in [-0.1, -0.05) is 0 Å². The van der Waals surface area contributed by atoms with Crippen LogP contribution in [0.25, 0.3) is 0 Å². The minimum Gasteiger partial charge on any atom is -0.480 e. The molecule has 0 heterocycles. The molecule has 18 heavy (non-hydrogen) atoms. The number of halogens is 3. The van der Waals surface area contributed by atoms with E-state index in [1.54, 1.807) is 0 Å². The topological polar surface area (TPSA) is 69.6 Å². The van der Waals surface area contributed by atoms with Gasteiger partial charge in [0, 0.05) is 20.5 Å². The summed E-state index contributed by atoms with van der Waals surface area (Å²) in [6.45, 7) is 0.352. The number of amides is 1. The number of hydrogen-bond donors (Lipinski definition) is 2. The van der Waals surface area contributed by atoms with Crippen LogP contribution in [0.5, 0.6) is 0 Å². The number of rotatable bonds is 6. The molecule has 0 aromatic carbocycles. The maximum Gasteiger partial charge on any atom is 0.417 e. The van der Waals surface area contributed by atoms with Crippen molar-refractivity contribution in [2.24, 2.45) is 0 Å². The van der Waals surface area contributed by atoms with E-state index in [9.17, 15) is 22.8 Å². The van der Waals surface area contributed by atoms with E-state index in [4.69, 9.17) is 5.11 Å². The molecule has 0 aliphatic heterocycles. The predicted octanol–water partition coefficient (Wildman–Crippen LogP) is 0.850. The molecule has 1 unspecified atom stereocenters. The first kappa shape index (κ1) is 16.7. The molecule has 0 fully saturated rings. The Kier molecular flexibility index (Phi) is 5.59. The van der Waals surface area contributed by atoms with Gasteiger partial charge in [-0.2, -0.15) is 13.2 Å². The number of carbonyl (C=O) groups excluding carboxylic acids is 1. The standard InChI is InChI=1S/C10H17F3N2O3/c1-9(8(17)18,10(11,12)13)14-6-4-5-7(16)15(2)3/h14H,4-6H2,1-3H3,(H,17,18). The van der Waals surface area contributed by atoms with Crippen molar-refractivity contribution in [1.82, 2.24) is 10.2 Å². The molecule has 106 valence electrons. The van der Waals surface area contributed by atoms with E-state index in [-0.39, 0.29) is 25.3 Å². The van der Waals surface area contributed by atoms with Crippen molar-refractivity contribution in [2.45, 2.75) is 31.5 Å². The number of carbonyl (C=O) groups is 2. The van der Waals surface area contributed by atoms with Crippen molar-refractivity contribution in [1.29, 1.82) is 0 Å². The zero-order chi connectivity index (χ0) is 14.6. The predicted molar refractivity (Wildman–Crippen MR) is 58.0 cm³/mol. The molecular weight excluding hydrogens is 253 g/mol. The summed E-state index contributed by atoms with van der Waals surface area (Å²) in [7, 11) is 3.07. The minimum absolute atomic E-state index is 0.0631. The lowest BCUT2D eigenvalue weighted by Crippen LogP contribution is -2.60. The highest BCUT2D eigenvalue weighted by atomic mass is 19.4. The van der Waals surface area contributed by atoms with E-state index in [2.05, 4.69) is 0 Å². The Labute approximate surface area is 103 Å². The molecule has 0 aliphatic rings. The van der Waals surface area contributed by atoms with E-state index in [1.807, 2.05) is 5.32 Å². The van der Waals surface area contributed by atoms with Gasteiger partial charge in [-0.3, -0.25) is 10.1 Å². The normalized spacial score (nSPS) is 15.0. The fourth-order valence-corrected chi connectivity index (χ4v) is 1.10. The fraction of sp³-hybridized carbons (Fsp3) is 0.800. The maximum atomic E-state index is 12.6. The summed E-state index contributed by atoms with van der Waals surface area (Å²) in [6, 6.07) is 0. The molecule has 2 N–H and O–H groups in total. The molecule has 0 saturated carbocycles. The van der Waals surface area contributed by atoms with Gasteiger partial charge in [0.2, 0.25) is 11.4 Å². The Balaban J connectivity index is 4.33. The van der Waals surface area contributed by atoms with Crippen LogP contribution in [0.1, 0.15) is 19.8 Å². The molecule has 0 aliphatic carbocycles. The van der Waals surface area contributed by atoms with Gasteiger partial charge in [-0.05, 0) is 19.9 Å². The molecule has 5 nitrogen and oxygen atoms in total. The smallest absolute Gasteiger partial charge is 0.417 e. The third-order valence-corrected chi connectivity index (χ3v) is 2.54. The average Bonchev–Trinajstić information content (AvgIpc) is 2.21. The second-order valence-electron chi connectivity index (χ2n) is 4.25. The molecule has 1 atom stereocenters. The van der Waals surface area contributed by atoms with Gasteiger partial charge < -0.3 is 10.0 Å². The van der Waals surface area contributed by atoms with E-state index in [0.29, 0.717) is 6.92 Å². The number of carboxylic acids is 1. The van der Waals surface area contributed by atoms with Crippen LogP contribution in [0.4, 0.5) is 13.2 Å². The third kappa shape index (κ3) is 4.17. The number of aliphatic carboxylic acids is 1. The molecule has 1 amide bonds. The molecule has 8 heteroatoms. The first-order chi connectivity index (χ1) is 8.02. The molecule has 0 bridgehead atoms. The third-order valence-electron chi connectivity index (χ3n) is 2.54. The Hall–Kier alpha value is -1.31. The van der Waals surface area contributed by atoms with Crippen LogP contribution in [0.2, 0.25) is 0 Å². The van der Waals surface area contributed by atoms with Crippen LogP contribution < -0.4 is 5.32 Å². The number of carboxylic acid groups (broad SMARTS) is 1. The number of nitrogens with zero attached hydrogens (tertiary/aromatic N) is 1. The minimum atomic E-state index is -4.90. The summed E-state index contributed by atoms with van der Waals surface area (Å²) in [5.74, 6) is -2.21. The van der Waals surface area contributed by atoms with E-state index >= 15 is 0 Å². The fourth-order valence-electron chi connectivity index (χ4n) is 1.10. The van der Waals surface area contributed by atoms with Crippen LogP contribution in [-0.2, 0) is 9.59 Å². The van der Waals surface area contributed by atoms with Crippen LogP contribution in [-0.4, -0.2) is 54.2 Å². The highest BCUT2D eigenvalue weighted by molar-refractivity contribution is 5.79. The van der Waals surface area contributed by atoms with Crippen molar-refractivity contribution < 1.29 is 27.9 Å². The van der Waals surface area contributed by atoms with Crippen LogP contribution in [0.15, 0.2) is 0 Å². The van der Waals surface area contributed by atoms with Gasteiger partial charge in [0.25, 0.3) is 0 Å². The average molecular weight is 270 g/mol. The number of hydrogen-bond acceptors (Lipinski definition) is 3. The Morgan fingerprint density at radius 2 is 1.78 bits per heavy atom. The summed E-state index contributed by atoms with van der Waals surface area (Å²) in [6.07, 6.45) is -4.70. The summed E-state index contributed by atoms with van der Waals surface area (Å²) < 4.78 is 37.7. The van der Waals surface area contributed by atoms with Gasteiger partial charge in [0.15, 0.2) is 0 Å². The quantitative estimate of drug-likeness (QED) is 0.702. The van der Waals surface area contributed by atoms with Crippen molar-refractivity contribution >= 4 is 11.9 Å². The Morgan fingerprint density at radius 1 is 1.28 bits per heavy atom. The van der Waals surface area contributed by atoms with E-state index < -0.39 is 17.7 Å². The Morgan fingerprint density at radius 3 is 2.11 bits per heavy atom. The van der Waals surface area contributed by atoms with Crippen molar-refractivity contribution in [3.63, 3.8) is 0 Å². The van der Waals surface area contributed by atoms with Gasteiger partial charge in [-0.25, -0.2) is 4.79 Å². The molecule has 0 rings (SSSR count). The SMILES string of the molecule is CN(C)C(=O)CCCNC(C)(C(=O)O)C(F)(F)F. The highest BCUT2D eigenvalue weighted by Gasteiger charge is 2.56. The molecule has 0 aromatic rings. The monoisotopic (exact) mass is 270 g/mol. The first-order valence-corrected chi connectivity index (χ1v) is 5.27. The van der Waals surface area contributed by atoms with Crippen LogP contribution >= 0.6 is 0 Å². The number of alkyl halides is 3. The summed E-state index contributed by atoms with van der Waals surface area (Å²) in [4.78, 5) is 23.1. The molecule has 0 aromatic heterocycles. The second-order valence-corrected chi connectivity index (χ2v) is 4.25. The van der Waals surface area contributed by atoms with Crippen molar-refractivity contribution in [2.75, 3.05) is 20.6 Å². The number of nitrogens with one attached hydrogen (secondary N) is 1. The van der Waals surface area contributed by atoms with Crippen LogP contribution in [0, 0.1) is 0 Å². The van der Waals surface area contributed by atoms with Gasteiger partial charge in [0.05, 0.1) is 0 Å². The zero-order valence-electron chi connectivity index (χ0n) is 10.5. The highest BCUT2D eigenvalue weighted by Crippen LogP contribution is 2.30. The molecule has 0 spiro atoms. The van der Waals surface area contributed by atoms with E-state index in [1.165, 1.54) is 19.0 Å². The lowest BCUT2D eigenvalue weighted by atomic mass is 10.0. The zero-order valence-corrected chi connectivity index (χ0v) is 10.5. The van der Waals surface area contributed by atoms with Crippen LogP contribution in [0.3, 0.4) is 0 Å². The summed E-state index contributed by atoms with van der Waals surface area (Å²) >= 11 is 0. The molecule has 0 saturated heterocycles. The summed E-state index contributed by atoms with van der Waals surface area (Å²) in [5.41, 5.74) is -2.99. The first-order valence-electron chi connectivity index (χ1n) is 5.27. The molecule has 0 radical (unpaired) electrons. The van der Waals surface area contributed by atoms with Gasteiger partial charge in [0.1, 0.15) is 0 Å². The maximum absolute atomic E-state index is 12.6. The van der Waals surface area contributed by atoms with E-state index in [0.717, 1.165) is 0 Å². The Bertz CT molecular complexity index is 318. The lowest BCUT2D eigenvalue weighted by molar-refractivity contribution is -0.205. The lowest BCUT2D eigenvalue weighted by Gasteiger charge is -2.28. The van der Waals surface area contributed by atoms with Crippen molar-refractivity contribution in [3.8, 4) is 0 Å². The van der Waals surface area contributed by atoms with Gasteiger partial charge in [-0.15, -0.1) is 0 Å². The van der Waals surface area contributed by atoms with Crippen molar-refractivity contribution in [3.05, 3.63) is 0 Å².